The molecule has 1 aromatic heterocycles. The van der Waals surface area contributed by atoms with E-state index in [2.05, 4.69) is 0 Å². The van der Waals surface area contributed by atoms with Crippen molar-refractivity contribution in [1.29, 1.82) is 0 Å². The van der Waals surface area contributed by atoms with Crippen molar-refractivity contribution in [2.24, 2.45) is 5.92 Å². The smallest absolute Gasteiger partial charge is 0.309 e. The molecule has 29 heavy (non-hydrogen) atoms. The molecule has 154 valence electrons. The zero-order chi connectivity index (χ0) is 20.7. The Hall–Kier alpha value is -2.31. The van der Waals surface area contributed by atoms with E-state index in [0.29, 0.717) is 23.6 Å². The zero-order valence-electron chi connectivity index (χ0n) is 16.4. The quantitative estimate of drug-likeness (QED) is 0.802. The number of carboxylic acids is 1. The summed E-state index contributed by atoms with van der Waals surface area (Å²) in [4.78, 5) is 26.7. The van der Waals surface area contributed by atoms with Crippen LogP contribution < -0.4 is 4.90 Å². The van der Waals surface area contributed by atoms with E-state index in [1.807, 2.05) is 30.2 Å². The molecule has 2 N–H and O–H groups in total. The monoisotopic (exact) mass is 416 g/mol. The predicted molar refractivity (Wildman–Crippen MR) is 111 cm³/mol. The zero-order valence-corrected chi connectivity index (χ0v) is 17.2. The van der Waals surface area contributed by atoms with Crippen LogP contribution in [-0.2, 0) is 17.6 Å². The van der Waals surface area contributed by atoms with Gasteiger partial charge in [-0.3, -0.25) is 14.2 Å². The lowest BCUT2D eigenvalue weighted by atomic mass is 9.92. The fraction of sp³-hybridized carbons (Fsp3) is 0.455. The number of benzene rings is 1. The first-order valence-electron chi connectivity index (χ1n) is 10.1. The summed E-state index contributed by atoms with van der Waals surface area (Å²) in [5.74, 6) is -1.84. The molecule has 0 spiro atoms. The van der Waals surface area contributed by atoms with Gasteiger partial charge in [-0.05, 0) is 56.2 Å². The van der Waals surface area contributed by atoms with E-state index < -0.39 is 18.0 Å². The second-order valence-electron chi connectivity index (χ2n) is 8.00. The first-order chi connectivity index (χ1) is 13.9. The highest BCUT2D eigenvalue weighted by Gasteiger charge is 2.35. The van der Waals surface area contributed by atoms with Crippen LogP contribution in [0.1, 0.15) is 46.4 Å². The van der Waals surface area contributed by atoms with Crippen LogP contribution in [-0.4, -0.2) is 45.9 Å². The predicted octanol–water partition coefficient (Wildman–Crippen LogP) is 3.29. The van der Waals surface area contributed by atoms with Crippen molar-refractivity contribution in [2.75, 3.05) is 18.0 Å². The molecule has 1 aliphatic heterocycles. The summed E-state index contributed by atoms with van der Waals surface area (Å²) < 4.78 is 1.72. The summed E-state index contributed by atoms with van der Waals surface area (Å²) in [5.41, 5.74) is 4.41. The summed E-state index contributed by atoms with van der Waals surface area (Å²) in [7, 11) is 0. The highest BCUT2D eigenvalue weighted by Crippen LogP contribution is 2.36. The second-order valence-corrected chi connectivity index (χ2v) is 8.41. The molecule has 4 rings (SSSR count). The molecule has 0 amide bonds. The van der Waals surface area contributed by atoms with E-state index in [4.69, 9.17) is 11.6 Å². The highest BCUT2D eigenvalue weighted by atomic mass is 35.5. The first-order valence-corrected chi connectivity index (χ1v) is 10.4. The molecule has 1 fully saturated rings. The molecule has 2 aromatic rings. The summed E-state index contributed by atoms with van der Waals surface area (Å²) in [6.45, 7) is 2.68. The number of aliphatic hydroxyl groups is 1. The maximum absolute atomic E-state index is 13.4. The molecule has 6 nitrogen and oxygen atoms in total. The van der Waals surface area contributed by atoms with Gasteiger partial charge >= 0.3 is 5.97 Å². The topological polar surface area (TPSA) is 82.8 Å². The van der Waals surface area contributed by atoms with E-state index >= 15 is 0 Å². The van der Waals surface area contributed by atoms with Crippen LogP contribution in [0.4, 0.5) is 5.69 Å². The minimum Gasteiger partial charge on any atom is -0.481 e. The number of nitrogens with zero attached hydrogens (tertiary/aromatic N) is 2. The van der Waals surface area contributed by atoms with Crippen LogP contribution in [0.5, 0.6) is 0 Å². The van der Waals surface area contributed by atoms with Gasteiger partial charge in [0.1, 0.15) is 0 Å². The Kier molecular flexibility index (Phi) is 5.40. The van der Waals surface area contributed by atoms with E-state index in [0.717, 1.165) is 48.2 Å². The number of piperidine rings is 1. The number of hydrogen-bond acceptors (Lipinski definition) is 4. The number of rotatable bonds is 3. The van der Waals surface area contributed by atoms with Gasteiger partial charge in [0.15, 0.2) is 0 Å². The highest BCUT2D eigenvalue weighted by molar-refractivity contribution is 6.34. The van der Waals surface area contributed by atoms with Crippen LogP contribution >= 0.6 is 11.6 Å². The van der Waals surface area contributed by atoms with Crippen LogP contribution in [0.2, 0.25) is 5.02 Å². The first kappa shape index (κ1) is 20.0. The van der Waals surface area contributed by atoms with Crippen molar-refractivity contribution >= 4 is 29.2 Å². The number of aromatic nitrogens is 1. The molecule has 2 unspecified atom stereocenters. The largest absolute Gasteiger partial charge is 0.481 e. The molecule has 0 saturated carbocycles. The summed E-state index contributed by atoms with van der Waals surface area (Å²) in [5, 5.41) is 20.0. The Bertz CT molecular complexity index is 948. The third-order valence-electron chi connectivity index (χ3n) is 6.18. The molecule has 0 bridgehead atoms. The number of aliphatic hydroxyl groups excluding tert-OH is 1. The lowest BCUT2D eigenvalue weighted by molar-refractivity contribution is -0.146. The molecule has 2 atom stereocenters. The number of carbonyl (C=O) groups excluding carboxylic acids is 1. The van der Waals surface area contributed by atoms with Crippen molar-refractivity contribution in [3.05, 3.63) is 51.8 Å². The SMILES string of the molecule is Cc1cccc(Cl)c1C(=O)n1cc(N2CCC(C(=O)O)C(O)C2)c2c1CCCC2. The average Bonchev–Trinajstić information content (AvgIpc) is 3.07. The minimum absolute atomic E-state index is 0.140. The maximum Gasteiger partial charge on any atom is 0.309 e. The standard InChI is InChI=1S/C22H25ClN2O4/c1-13-5-4-7-16(23)20(13)21(27)25-11-18(14-6-2-3-8-17(14)25)24-10-9-15(22(28)29)19(26)12-24/h4-5,7,11,15,19,26H,2-3,6,8-10,12H2,1H3,(H,28,29). The summed E-state index contributed by atoms with van der Waals surface area (Å²) in [6, 6.07) is 5.44. The number of aryl methyl sites for hydroxylation is 1. The Balaban J connectivity index is 1.72. The van der Waals surface area contributed by atoms with Gasteiger partial charge in [0.25, 0.3) is 5.91 Å². The Morgan fingerprint density at radius 2 is 1.97 bits per heavy atom. The average molecular weight is 417 g/mol. The van der Waals surface area contributed by atoms with Gasteiger partial charge in [0.05, 0.1) is 28.3 Å². The van der Waals surface area contributed by atoms with Gasteiger partial charge in [-0.1, -0.05) is 23.7 Å². The molecule has 1 saturated heterocycles. The Morgan fingerprint density at radius 1 is 1.21 bits per heavy atom. The lowest BCUT2D eigenvalue weighted by Crippen LogP contribution is -2.46. The van der Waals surface area contributed by atoms with E-state index in [9.17, 15) is 19.8 Å². The van der Waals surface area contributed by atoms with Crippen LogP contribution in [0.3, 0.4) is 0 Å². The van der Waals surface area contributed by atoms with E-state index in [-0.39, 0.29) is 12.5 Å². The van der Waals surface area contributed by atoms with Crippen molar-refractivity contribution in [2.45, 2.75) is 45.1 Å². The van der Waals surface area contributed by atoms with Crippen LogP contribution in [0.15, 0.2) is 24.4 Å². The van der Waals surface area contributed by atoms with Gasteiger partial charge in [-0.15, -0.1) is 0 Å². The molecule has 2 heterocycles. The second kappa shape index (κ2) is 7.84. The molecule has 0 radical (unpaired) electrons. The fourth-order valence-electron chi connectivity index (χ4n) is 4.62. The molecule has 7 heteroatoms. The molecule has 1 aromatic carbocycles. The number of fused-ring (bicyclic) bond motifs is 1. The molecular formula is C22H25ClN2O4. The number of hydrogen-bond donors (Lipinski definition) is 2. The van der Waals surface area contributed by atoms with Crippen molar-refractivity contribution in [3.8, 4) is 0 Å². The van der Waals surface area contributed by atoms with E-state index in [1.165, 1.54) is 0 Å². The van der Waals surface area contributed by atoms with Gasteiger partial charge in [0.2, 0.25) is 0 Å². The third kappa shape index (κ3) is 3.55. The number of carbonyl (C=O) groups is 2. The molecular weight excluding hydrogens is 392 g/mol. The lowest BCUT2D eigenvalue weighted by Gasteiger charge is -2.35. The van der Waals surface area contributed by atoms with Gasteiger partial charge < -0.3 is 15.1 Å². The number of halogens is 1. The molecule has 2 aliphatic rings. The van der Waals surface area contributed by atoms with Crippen molar-refractivity contribution in [3.63, 3.8) is 0 Å². The van der Waals surface area contributed by atoms with Gasteiger partial charge in [-0.2, -0.15) is 0 Å². The van der Waals surface area contributed by atoms with Gasteiger partial charge in [0, 0.05) is 25.0 Å². The fourth-order valence-corrected chi connectivity index (χ4v) is 4.93. The Morgan fingerprint density at radius 3 is 2.66 bits per heavy atom. The van der Waals surface area contributed by atoms with Crippen LogP contribution in [0, 0.1) is 12.8 Å². The number of anilines is 1. The van der Waals surface area contributed by atoms with Gasteiger partial charge in [-0.25, -0.2) is 0 Å². The number of carboxylic acid groups (broad SMARTS) is 1. The van der Waals surface area contributed by atoms with Crippen molar-refractivity contribution < 1.29 is 19.8 Å². The minimum atomic E-state index is -0.957. The van der Waals surface area contributed by atoms with Crippen molar-refractivity contribution in [1.82, 2.24) is 4.57 Å². The number of β-amino-alcohol motifs (C(OH)–C–C–N with tert-alkyl or cyclic N) is 1. The normalized spacial score (nSPS) is 21.7. The van der Waals surface area contributed by atoms with E-state index in [1.54, 1.807) is 10.6 Å². The van der Waals surface area contributed by atoms with Crippen LogP contribution in [0.25, 0.3) is 0 Å². The molecule has 1 aliphatic carbocycles. The number of aliphatic carboxylic acids is 1. The summed E-state index contributed by atoms with van der Waals surface area (Å²) in [6.07, 6.45) is 5.08. The third-order valence-corrected chi connectivity index (χ3v) is 6.50. The maximum atomic E-state index is 13.4. The summed E-state index contributed by atoms with van der Waals surface area (Å²) >= 11 is 6.34. The Labute approximate surface area is 174 Å².